The summed E-state index contributed by atoms with van der Waals surface area (Å²) in [4.78, 5) is 0. The number of allylic oxidation sites excluding steroid dienone is 2. The molecular weight excluding hydrogens is 230 g/mol. The molecule has 0 spiro atoms. The highest BCUT2D eigenvalue weighted by molar-refractivity contribution is 4.81. The van der Waals surface area contributed by atoms with E-state index in [2.05, 4.69) is 19.1 Å². The Labute approximate surface area is 122 Å². The van der Waals surface area contributed by atoms with Crippen molar-refractivity contribution < 1.29 is 0 Å². The fraction of sp³-hybridized carbons (Fsp3) is 0.833. The molecule has 0 saturated heterocycles. The van der Waals surface area contributed by atoms with Crippen molar-refractivity contribution in [2.75, 3.05) is 0 Å². The molecule has 19 heavy (non-hydrogen) atoms. The molecule has 0 bridgehead atoms. The first-order chi connectivity index (χ1) is 9.41. The van der Waals surface area contributed by atoms with Crippen LogP contribution in [0.25, 0.3) is 0 Å². The van der Waals surface area contributed by atoms with E-state index in [4.69, 9.17) is 5.73 Å². The maximum atomic E-state index is 5.35. The lowest BCUT2D eigenvalue weighted by Crippen LogP contribution is -1.89. The number of hydrogen-bond acceptors (Lipinski definition) is 1. The Morgan fingerprint density at radius 2 is 1.00 bits per heavy atom. The van der Waals surface area contributed by atoms with E-state index in [1.54, 1.807) is 6.54 Å². The summed E-state index contributed by atoms with van der Waals surface area (Å²) in [5.41, 5.74) is 5.35. The third kappa shape index (κ3) is 17.7. The van der Waals surface area contributed by atoms with Crippen molar-refractivity contribution in [3.63, 3.8) is 0 Å². The van der Waals surface area contributed by atoms with Gasteiger partial charge in [-0.05, 0) is 32.1 Å². The second-order valence-electron chi connectivity index (χ2n) is 5.61. The van der Waals surface area contributed by atoms with Crippen LogP contribution in [-0.4, -0.2) is 0 Å². The van der Waals surface area contributed by atoms with Crippen molar-refractivity contribution in [2.45, 2.75) is 96.8 Å². The van der Waals surface area contributed by atoms with E-state index in [1.165, 1.54) is 83.5 Å². The quantitative estimate of drug-likeness (QED) is 0.279. The lowest BCUT2D eigenvalue weighted by molar-refractivity contribution is 0.593. The van der Waals surface area contributed by atoms with E-state index >= 15 is 0 Å². The van der Waals surface area contributed by atoms with Gasteiger partial charge in [-0.2, -0.15) is 0 Å². The number of hydrogen-bond donors (Lipinski definition) is 1. The Balaban J connectivity index is 3.00. The van der Waals surface area contributed by atoms with Crippen LogP contribution in [0.5, 0.6) is 0 Å². The van der Waals surface area contributed by atoms with E-state index in [0.29, 0.717) is 0 Å². The lowest BCUT2D eigenvalue weighted by Gasteiger charge is -2.00. The largest absolute Gasteiger partial charge is 0.326 e. The summed E-state index contributed by atoms with van der Waals surface area (Å²) in [6, 6.07) is 0. The molecule has 0 aliphatic carbocycles. The Kier molecular flexibility index (Phi) is 17.4. The third-order valence-corrected chi connectivity index (χ3v) is 3.63. The second-order valence-corrected chi connectivity index (χ2v) is 5.61. The van der Waals surface area contributed by atoms with Gasteiger partial charge in [0.1, 0.15) is 0 Å². The predicted octanol–water partition coefficient (Wildman–Crippen LogP) is 6.14. The molecule has 0 atom stereocenters. The molecular formula is C18H36N. The molecule has 0 aliphatic heterocycles. The van der Waals surface area contributed by atoms with Gasteiger partial charge in [0.15, 0.2) is 0 Å². The van der Waals surface area contributed by atoms with Crippen LogP contribution in [0.2, 0.25) is 0 Å². The van der Waals surface area contributed by atoms with Gasteiger partial charge in [-0.3, -0.25) is 0 Å². The van der Waals surface area contributed by atoms with Crippen LogP contribution in [0.4, 0.5) is 0 Å². The van der Waals surface area contributed by atoms with Crippen molar-refractivity contribution in [3.05, 3.63) is 18.7 Å². The van der Waals surface area contributed by atoms with E-state index < -0.39 is 0 Å². The third-order valence-electron chi connectivity index (χ3n) is 3.63. The van der Waals surface area contributed by atoms with Crippen LogP contribution in [-0.2, 0) is 0 Å². The van der Waals surface area contributed by atoms with Crippen molar-refractivity contribution >= 4 is 0 Å². The average Bonchev–Trinajstić information content (AvgIpc) is 2.43. The minimum Gasteiger partial charge on any atom is -0.326 e. The van der Waals surface area contributed by atoms with Crippen LogP contribution in [0.1, 0.15) is 96.8 Å². The zero-order valence-electron chi connectivity index (χ0n) is 13.2. The zero-order chi connectivity index (χ0) is 14.0. The monoisotopic (exact) mass is 266 g/mol. The van der Waals surface area contributed by atoms with Gasteiger partial charge in [0.2, 0.25) is 0 Å². The molecule has 2 N–H and O–H groups in total. The van der Waals surface area contributed by atoms with Crippen LogP contribution in [0.15, 0.2) is 12.2 Å². The first-order valence-electron chi connectivity index (χ1n) is 8.60. The normalized spacial score (nSPS) is 11.5. The standard InChI is InChI=1S/C18H36N/c1-2-3-4-5-6-7-8-9-10-11-12-13-14-15-16-17-18-19/h8-9,18H,2-7,10-17,19H2,1H3. The summed E-state index contributed by atoms with van der Waals surface area (Å²) in [6.07, 6.45) is 23.6. The van der Waals surface area contributed by atoms with Crippen molar-refractivity contribution in [3.8, 4) is 0 Å². The smallest absolute Gasteiger partial charge is 0.0192 e. The van der Waals surface area contributed by atoms with Crippen LogP contribution >= 0.6 is 0 Å². The Bertz CT molecular complexity index is 175. The Hall–Kier alpha value is -0.300. The summed E-state index contributed by atoms with van der Waals surface area (Å²) in [7, 11) is 0. The number of rotatable bonds is 15. The molecule has 0 unspecified atom stereocenters. The summed E-state index contributed by atoms with van der Waals surface area (Å²) >= 11 is 0. The Morgan fingerprint density at radius 1 is 0.579 bits per heavy atom. The fourth-order valence-corrected chi connectivity index (χ4v) is 2.33. The predicted molar refractivity (Wildman–Crippen MR) is 87.9 cm³/mol. The molecule has 0 aliphatic rings. The summed E-state index contributed by atoms with van der Waals surface area (Å²) in [6.45, 7) is 4.06. The SMILES string of the molecule is CCCCCCCC=CCCCCCCCC[CH]N. The fourth-order valence-electron chi connectivity index (χ4n) is 2.33. The molecule has 0 heterocycles. The first-order valence-corrected chi connectivity index (χ1v) is 8.60. The van der Waals surface area contributed by atoms with Gasteiger partial charge < -0.3 is 5.73 Å². The summed E-state index contributed by atoms with van der Waals surface area (Å²) in [5, 5.41) is 0. The summed E-state index contributed by atoms with van der Waals surface area (Å²) < 4.78 is 0. The minimum absolute atomic E-state index is 1.08. The molecule has 0 aromatic rings. The van der Waals surface area contributed by atoms with Gasteiger partial charge in [-0.1, -0.05) is 76.9 Å². The van der Waals surface area contributed by atoms with Gasteiger partial charge in [0.25, 0.3) is 0 Å². The molecule has 1 radical (unpaired) electrons. The molecule has 113 valence electrons. The van der Waals surface area contributed by atoms with Crippen molar-refractivity contribution in [1.82, 2.24) is 0 Å². The lowest BCUT2D eigenvalue weighted by atomic mass is 10.1. The van der Waals surface area contributed by atoms with Gasteiger partial charge >= 0.3 is 0 Å². The van der Waals surface area contributed by atoms with E-state index in [0.717, 1.165) is 6.42 Å². The van der Waals surface area contributed by atoms with Crippen LogP contribution < -0.4 is 5.73 Å². The molecule has 0 fully saturated rings. The Morgan fingerprint density at radius 3 is 1.47 bits per heavy atom. The van der Waals surface area contributed by atoms with E-state index in [1.807, 2.05) is 0 Å². The maximum absolute atomic E-state index is 5.35. The number of unbranched alkanes of at least 4 members (excludes halogenated alkanes) is 12. The van der Waals surface area contributed by atoms with Gasteiger partial charge in [-0.25, -0.2) is 0 Å². The van der Waals surface area contributed by atoms with Gasteiger partial charge in [0.05, 0.1) is 0 Å². The molecule has 0 amide bonds. The molecule has 0 aromatic heterocycles. The van der Waals surface area contributed by atoms with Gasteiger partial charge in [0, 0.05) is 6.54 Å². The highest BCUT2D eigenvalue weighted by Gasteiger charge is 1.90. The maximum Gasteiger partial charge on any atom is 0.0192 e. The van der Waals surface area contributed by atoms with Gasteiger partial charge in [-0.15, -0.1) is 0 Å². The van der Waals surface area contributed by atoms with E-state index in [-0.39, 0.29) is 0 Å². The highest BCUT2D eigenvalue weighted by Crippen LogP contribution is 2.10. The van der Waals surface area contributed by atoms with E-state index in [9.17, 15) is 0 Å². The van der Waals surface area contributed by atoms with Crippen molar-refractivity contribution in [2.24, 2.45) is 5.73 Å². The first kappa shape index (κ1) is 18.7. The molecule has 0 saturated carbocycles. The zero-order valence-corrected chi connectivity index (χ0v) is 13.2. The molecule has 0 rings (SSSR count). The minimum atomic E-state index is 1.08. The molecule has 1 nitrogen and oxygen atoms in total. The summed E-state index contributed by atoms with van der Waals surface area (Å²) in [5.74, 6) is 0. The van der Waals surface area contributed by atoms with Crippen molar-refractivity contribution in [1.29, 1.82) is 0 Å². The number of nitrogens with two attached hydrogens (primary N) is 1. The second kappa shape index (κ2) is 17.7. The topological polar surface area (TPSA) is 26.0 Å². The highest BCUT2D eigenvalue weighted by atomic mass is 14.5. The van der Waals surface area contributed by atoms with Crippen LogP contribution in [0.3, 0.4) is 0 Å². The van der Waals surface area contributed by atoms with Crippen LogP contribution in [0, 0.1) is 6.54 Å². The average molecular weight is 266 g/mol. The molecule has 1 heteroatoms. The molecule has 0 aromatic carbocycles.